The maximum absolute atomic E-state index is 12.4. The van der Waals surface area contributed by atoms with Gasteiger partial charge in [-0.25, -0.2) is 0 Å². The molecule has 3 rings (SSSR count). The molecule has 1 aromatic heterocycles. The van der Waals surface area contributed by atoms with Crippen molar-refractivity contribution in [3.63, 3.8) is 0 Å². The zero-order valence-corrected chi connectivity index (χ0v) is 11.6. The highest BCUT2D eigenvalue weighted by atomic mass is 16.5. The van der Waals surface area contributed by atoms with Gasteiger partial charge in [-0.05, 0) is 31.9 Å². The number of para-hydroxylation sites is 1. The number of hydrogen-bond acceptors (Lipinski definition) is 4. The van der Waals surface area contributed by atoms with Crippen LogP contribution in [0.4, 0.5) is 0 Å². The third-order valence-electron chi connectivity index (χ3n) is 4.01. The van der Waals surface area contributed by atoms with Crippen molar-refractivity contribution in [3.05, 3.63) is 30.0 Å². The first-order valence-electron chi connectivity index (χ1n) is 7.03. The van der Waals surface area contributed by atoms with Crippen LogP contribution in [0.15, 0.2) is 28.8 Å². The second kappa shape index (κ2) is 5.25. The average Bonchev–Trinajstić information content (AvgIpc) is 2.82. The van der Waals surface area contributed by atoms with Crippen LogP contribution >= 0.6 is 0 Å². The zero-order valence-electron chi connectivity index (χ0n) is 11.6. The standard InChI is InChI=1S/C15H19N3O2/c1-10-8-11(16)6-7-18(10)15(19)9-13-12-4-2-3-5-14(12)20-17-13/h2-5,10-11H,6-9,16H2,1H3. The van der Waals surface area contributed by atoms with Crippen LogP contribution in [0, 0.1) is 0 Å². The summed E-state index contributed by atoms with van der Waals surface area (Å²) < 4.78 is 5.24. The van der Waals surface area contributed by atoms with Crippen LogP contribution in [0.2, 0.25) is 0 Å². The summed E-state index contributed by atoms with van der Waals surface area (Å²) in [6, 6.07) is 8.03. The Bertz CT molecular complexity index is 622. The molecule has 2 atom stereocenters. The van der Waals surface area contributed by atoms with Gasteiger partial charge in [0.15, 0.2) is 5.58 Å². The summed E-state index contributed by atoms with van der Waals surface area (Å²) >= 11 is 0. The van der Waals surface area contributed by atoms with E-state index in [1.807, 2.05) is 29.2 Å². The molecule has 0 aliphatic carbocycles. The highest BCUT2D eigenvalue weighted by Gasteiger charge is 2.27. The van der Waals surface area contributed by atoms with Crippen molar-refractivity contribution in [1.29, 1.82) is 0 Å². The smallest absolute Gasteiger partial charge is 0.228 e. The number of benzene rings is 1. The van der Waals surface area contributed by atoms with E-state index in [0.717, 1.165) is 30.4 Å². The number of carbonyl (C=O) groups is 1. The lowest BCUT2D eigenvalue weighted by Gasteiger charge is -2.36. The summed E-state index contributed by atoms with van der Waals surface area (Å²) in [4.78, 5) is 14.3. The van der Waals surface area contributed by atoms with E-state index < -0.39 is 0 Å². The predicted molar refractivity (Wildman–Crippen MR) is 76.1 cm³/mol. The first-order chi connectivity index (χ1) is 9.65. The van der Waals surface area contributed by atoms with Gasteiger partial charge in [-0.15, -0.1) is 0 Å². The molecule has 0 radical (unpaired) electrons. The SMILES string of the molecule is CC1CC(N)CCN1C(=O)Cc1noc2ccccc12. The minimum Gasteiger partial charge on any atom is -0.356 e. The van der Waals surface area contributed by atoms with E-state index in [-0.39, 0.29) is 24.4 Å². The number of fused-ring (bicyclic) bond motifs is 1. The highest BCUT2D eigenvalue weighted by Crippen LogP contribution is 2.21. The summed E-state index contributed by atoms with van der Waals surface area (Å²) in [5.41, 5.74) is 7.37. The number of likely N-dealkylation sites (tertiary alicyclic amines) is 1. The molecule has 0 bridgehead atoms. The Morgan fingerprint density at radius 3 is 3.10 bits per heavy atom. The summed E-state index contributed by atoms with van der Waals surface area (Å²) in [5.74, 6) is 0.100. The molecule has 106 valence electrons. The Morgan fingerprint density at radius 2 is 2.30 bits per heavy atom. The summed E-state index contributed by atoms with van der Waals surface area (Å²) in [5, 5.41) is 4.94. The summed E-state index contributed by atoms with van der Waals surface area (Å²) in [7, 11) is 0. The Morgan fingerprint density at radius 1 is 1.50 bits per heavy atom. The Hall–Kier alpha value is -1.88. The van der Waals surface area contributed by atoms with Gasteiger partial charge in [-0.1, -0.05) is 17.3 Å². The second-order valence-corrected chi connectivity index (χ2v) is 5.52. The van der Waals surface area contributed by atoms with Gasteiger partial charge in [-0.3, -0.25) is 4.79 Å². The lowest BCUT2D eigenvalue weighted by atomic mass is 9.98. The third kappa shape index (κ3) is 2.41. The first kappa shape index (κ1) is 13.1. The van der Waals surface area contributed by atoms with Crippen molar-refractivity contribution < 1.29 is 9.32 Å². The van der Waals surface area contributed by atoms with Crippen LogP contribution in [0.1, 0.15) is 25.5 Å². The van der Waals surface area contributed by atoms with Crippen molar-refractivity contribution in [2.75, 3.05) is 6.54 Å². The van der Waals surface area contributed by atoms with Gasteiger partial charge in [0.2, 0.25) is 5.91 Å². The fraction of sp³-hybridized carbons (Fsp3) is 0.467. The number of nitrogens with zero attached hydrogens (tertiary/aromatic N) is 2. The van der Waals surface area contributed by atoms with Gasteiger partial charge in [-0.2, -0.15) is 0 Å². The lowest BCUT2D eigenvalue weighted by molar-refractivity contribution is -0.133. The quantitative estimate of drug-likeness (QED) is 0.904. The number of carbonyl (C=O) groups excluding carboxylic acids is 1. The fourth-order valence-electron chi connectivity index (χ4n) is 2.89. The van der Waals surface area contributed by atoms with Crippen LogP contribution in [0.25, 0.3) is 11.0 Å². The van der Waals surface area contributed by atoms with Crippen LogP contribution < -0.4 is 5.73 Å². The molecule has 2 N–H and O–H groups in total. The minimum atomic E-state index is 0.100. The van der Waals surface area contributed by atoms with Gasteiger partial charge < -0.3 is 15.2 Å². The maximum atomic E-state index is 12.4. The molecule has 0 saturated carbocycles. The van der Waals surface area contributed by atoms with Crippen LogP contribution in [0.3, 0.4) is 0 Å². The molecular formula is C15H19N3O2. The Balaban J connectivity index is 1.76. The minimum absolute atomic E-state index is 0.100. The normalized spacial score (nSPS) is 23.2. The number of piperidine rings is 1. The molecule has 1 aliphatic heterocycles. The number of aromatic nitrogens is 1. The summed E-state index contributed by atoms with van der Waals surface area (Å²) in [6.45, 7) is 2.79. The Labute approximate surface area is 117 Å². The fourth-order valence-corrected chi connectivity index (χ4v) is 2.89. The number of rotatable bonds is 2. The molecule has 2 aromatic rings. The van der Waals surface area contributed by atoms with E-state index in [9.17, 15) is 4.79 Å². The van der Waals surface area contributed by atoms with Crippen LogP contribution in [-0.4, -0.2) is 34.6 Å². The molecule has 2 unspecified atom stereocenters. The van der Waals surface area contributed by atoms with Gasteiger partial charge in [0.25, 0.3) is 0 Å². The van der Waals surface area contributed by atoms with E-state index in [1.54, 1.807) is 0 Å². The molecule has 2 heterocycles. The molecule has 5 heteroatoms. The first-order valence-corrected chi connectivity index (χ1v) is 7.03. The van der Waals surface area contributed by atoms with Crippen LogP contribution in [-0.2, 0) is 11.2 Å². The van der Waals surface area contributed by atoms with Crippen molar-refractivity contribution >= 4 is 16.9 Å². The molecule has 1 saturated heterocycles. The monoisotopic (exact) mass is 273 g/mol. The number of amides is 1. The van der Waals surface area contributed by atoms with Crippen LogP contribution in [0.5, 0.6) is 0 Å². The molecule has 0 spiro atoms. The molecular weight excluding hydrogens is 254 g/mol. The van der Waals surface area contributed by atoms with Crippen molar-refractivity contribution in [1.82, 2.24) is 10.1 Å². The number of nitrogens with two attached hydrogens (primary N) is 1. The van der Waals surface area contributed by atoms with Crippen molar-refractivity contribution in [2.45, 2.75) is 38.3 Å². The molecule has 1 fully saturated rings. The van der Waals surface area contributed by atoms with Gasteiger partial charge >= 0.3 is 0 Å². The van der Waals surface area contributed by atoms with Gasteiger partial charge in [0.05, 0.1) is 6.42 Å². The van der Waals surface area contributed by atoms with E-state index in [0.29, 0.717) is 5.69 Å². The topological polar surface area (TPSA) is 72.4 Å². The average molecular weight is 273 g/mol. The van der Waals surface area contributed by atoms with E-state index in [1.165, 1.54) is 0 Å². The maximum Gasteiger partial charge on any atom is 0.228 e. The van der Waals surface area contributed by atoms with Gasteiger partial charge in [0.1, 0.15) is 5.69 Å². The second-order valence-electron chi connectivity index (χ2n) is 5.52. The van der Waals surface area contributed by atoms with E-state index >= 15 is 0 Å². The summed E-state index contributed by atoms with van der Waals surface area (Å²) in [6.07, 6.45) is 2.03. The van der Waals surface area contributed by atoms with Gasteiger partial charge in [0, 0.05) is 24.0 Å². The predicted octanol–water partition coefficient (Wildman–Crippen LogP) is 1.71. The van der Waals surface area contributed by atoms with E-state index in [2.05, 4.69) is 12.1 Å². The highest BCUT2D eigenvalue weighted by molar-refractivity contribution is 5.86. The molecule has 1 amide bonds. The molecule has 1 aromatic carbocycles. The third-order valence-corrected chi connectivity index (χ3v) is 4.01. The molecule has 1 aliphatic rings. The number of hydrogen-bond donors (Lipinski definition) is 1. The lowest BCUT2D eigenvalue weighted by Crippen LogP contribution is -2.48. The van der Waals surface area contributed by atoms with Crippen molar-refractivity contribution in [3.8, 4) is 0 Å². The molecule has 5 nitrogen and oxygen atoms in total. The Kier molecular flexibility index (Phi) is 3.44. The largest absolute Gasteiger partial charge is 0.356 e. The molecule has 20 heavy (non-hydrogen) atoms. The van der Waals surface area contributed by atoms with Crippen molar-refractivity contribution in [2.24, 2.45) is 5.73 Å². The van der Waals surface area contributed by atoms with E-state index in [4.69, 9.17) is 10.3 Å². The zero-order chi connectivity index (χ0) is 14.1.